The Morgan fingerprint density at radius 2 is 1.89 bits per heavy atom. The molecule has 3 rings (SSSR count). The number of nitriles is 1. The summed E-state index contributed by atoms with van der Waals surface area (Å²) in [6.07, 6.45) is 5.31. The Labute approximate surface area is 165 Å². The Morgan fingerprint density at radius 3 is 2.56 bits per heavy atom. The highest BCUT2D eigenvalue weighted by Gasteiger charge is 2.22. The van der Waals surface area contributed by atoms with Crippen molar-refractivity contribution in [2.45, 2.75) is 51.0 Å². The van der Waals surface area contributed by atoms with Gasteiger partial charge >= 0.3 is 0 Å². The zero-order valence-corrected chi connectivity index (χ0v) is 16.1. The predicted octanol–water partition coefficient (Wildman–Crippen LogP) is 5.67. The van der Waals surface area contributed by atoms with Crippen molar-refractivity contribution in [3.63, 3.8) is 0 Å². The molecule has 2 aromatic carbocycles. The number of ether oxygens (including phenoxy) is 1. The quantitative estimate of drug-likeness (QED) is 0.725. The van der Waals surface area contributed by atoms with Crippen LogP contribution < -0.4 is 10.1 Å². The van der Waals surface area contributed by atoms with E-state index in [1.165, 1.54) is 19.3 Å². The normalized spacial score (nSPS) is 15.6. The Kier molecular flexibility index (Phi) is 6.36. The van der Waals surface area contributed by atoms with E-state index in [-0.39, 0.29) is 5.91 Å². The number of amides is 1. The van der Waals surface area contributed by atoms with Crippen molar-refractivity contribution >= 4 is 23.2 Å². The Balaban J connectivity index is 1.70. The van der Waals surface area contributed by atoms with Crippen LogP contribution in [0.25, 0.3) is 0 Å². The summed E-state index contributed by atoms with van der Waals surface area (Å²) >= 11 is 6.21. The van der Waals surface area contributed by atoms with Crippen molar-refractivity contribution in [2.75, 3.05) is 5.32 Å². The molecule has 1 saturated carbocycles. The summed E-state index contributed by atoms with van der Waals surface area (Å²) < 4.78 is 6.01. The van der Waals surface area contributed by atoms with E-state index in [0.717, 1.165) is 24.2 Å². The van der Waals surface area contributed by atoms with Gasteiger partial charge in [0, 0.05) is 10.7 Å². The summed E-state index contributed by atoms with van der Waals surface area (Å²) in [5, 5.41) is 12.4. The van der Waals surface area contributed by atoms with E-state index in [9.17, 15) is 4.79 Å². The molecule has 2 aromatic rings. The van der Waals surface area contributed by atoms with Crippen LogP contribution in [0.4, 0.5) is 5.69 Å². The molecule has 27 heavy (non-hydrogen) atoms. The molecule has 0 radical (unpaired) electrons. The largest absolute Gasteiger partial charge is 0.481 e. The van der Waals surface area contributed by atoms with Crippen LogP contribution in [0.5, 0.6) is 5.75 Å². The number of nitrogens with zero attached hydrogens (tertiary/aromatic N) is 1. The number of rotatable bonds is 5. The fourth-order valence-corrected chi connectivity index (χ4v) is 3.66. The average Bonchev–Trinajstić information content (AvgIpc) is 2.70. The lowest BCUT2D eigenvalue weighted by atomic mass is 9.83. The highest BCUT2D eigenvalue weighted by atomic mass is 35.5. The van der Waals surface area contributed by atoms with Gasteiger partial charge in [0.1, 0.15) is 5.75 Å². The molecule has 4 nitrogen and oxygen atoms in total. The fraction of sp³-hybridized carbons (Fsp3) is 0.364. The number of carbonyl (C=O) groups is 1. The second-order valence-electron chi connectivity index (χ2n) is 6.96. The monoisotopic (exact) mass is 382 g/mol. The van der Waals surface area contributed by atoms with Gasteiger partial charge in [-0.3, -0.25) is 4.79 Å². The highest BCUT2D eigenvalue weighted by molar-refractivity contribution is 6.30. The molecule has 1 atom stereocenters. The van der Waals surface area contributed by atoms with Gasteiger partial charge in [0.05, 0.1) is 11.6 Å². The van der Waals surface area contributed by atoms with Gasteiger partial charge in [0.15, 0.2) is 6.10 Å². The number of nitrogens with one attached hydrogen (secondary N) is 1. The van der Waals surface area contributed by atoms with Crippen molar-refractivity contribution in [2.24, 2.45) is 0 Å². The molecule has 140 valence electrons. The lowest BCUT2D eigenvalue weighted by Gasteiger charge is -2.25. The first-order chi connectivity index (χ1) is 13.1. The number of hydrogen-bond acceptors (Lipinski definition) is 3. The third-order valence-corrected chi connectivity index (χ3v) is 5.21. The van der Waals surface area contributed by atoms with Gasteiger partial charge in [0.25, 0.3) is 5.91 Å². The first-order valence-corrected chi connectivity index (χ1v) is 9.72. The summed E-state index contributed by atoms with van der Waals surface area (Å²) in [4.78, 5) is 12.5. The van der Waals surface area contributed by atoms with Crippen LogP contribution in [0.15, 0.2) is 42.5 Å². The molecule has 0 aliphatic heterocycles. The number of carbonyl (C=O) groups excluding carboxylic acids is 1. The van der Waals surface area contributed by atoms with Crippen molar-refractivity contribution in [3.05, 3.63) is 58.6 Å². The van der Waals surface area contributed by atoms with E-state index in [1.54, 1.807) is 37.3 Å². The van der Waals surface area contributed by atoms with Crippen LogP contribution in [-0.4, -0.2) is 12.0 Å². The lowest BCUT2D eigenvalue weighted by Crippen LogP contribution is -2.30. The van der Waals surface area contributed by atoms with Gasteiger partial charge < -0.3 is 10.1 Å². The van der Waals surface area contributed by atoms with Gasteiger partial charge in [-0.1, -0.05) is 30.9 Å². The molecular formula is C22H23ClN2O2. The van der Waals surface area contributed by atoms with Crippen LogP contribution in [0.1, 0.15) is 56.1 Å². The molecule has 0 heterocycles. The van der Waals surface area contributed by atoms with Crippen LogP contribution in [0, 0.1) is 11.3 Å². The van der Waals surface area contributed by atoms with Crippen LogP contribution >= 0.6 is 11.6 Å². The molecular weight excluding hydrogens is 360 g/mol. The molecule has 1 aliphatic carbocycles. The van der Waals surface area contributed by atoms with Gasteiger partial charge in [-0.2, -0.15) is 5.26 Å². The van der Waals surface area contributed by atoms with Gasteiger partial charge in [-0.05, 0) is 73.7 Å². The molecule has 0 spiro atoms. The Morgan fingerprint density at radius 1 is 1.19 bits per heavy atom. The second-order valence-corrected chi connectivity index (χ2v) is 7.39. The first-order valence-electron chi connectivity index (χ1n) is 9.34. The standard InChI is InChI=1S/C22H23ClN2O2/c1-15(22(26)25-19-10-7-16(14-24)8-11-19)27-21-12-9-18(23)13-20(21)17-5-3-2-4-6-17/h7-13,15,17H,2-6H2,1H3,(H,25,26)/t15-/m0/s1. The van der Waals surface area contributed by atoms with Crippen molar-refractivity contribution in [1.82, 2.24) is 0 Å². The highest BCUT2D eigenvalue weighted by Crippen LogP contribution is 2.39. The van der Waals surface area contributed by atoms with Crippen molar-refractivity contribution in [3.8, 4) is 11.8 Å². The molecule has 1 fully saturated rings. The summed E-state index contributed by atoms with van der Waals surface area (Å²) in [6.45, 7) is 1.73. The number of anilines is 1. The Bertz CT molecular complexity index is 836. The molecule has 0 aromatic heterocycles. The predicted molar refractivity (Wildman–Crippen MR) is 107 cm³/mol. The molecule has 1 aliphatic rings. The topological polar surface area (TPSA) is 62.1 Å². The zero-order chi connectivity index (χ0) is 19.2. The van der Waals surface area contributed by atoms with E-state index in [0.29, 0.717) is 22.2 Å². The van der Waals surface area contributed by atoms with E-state index in [1.807, 2.05) is 12.1 Å². The van der Waals surface area contributed by atoms with Gasteiger partial charge in [-0.15, -0.1) is 0 Å². The summed E-state index contributed by atoms with van der Waals surface area (Å²) in [5.74, 6) is 0.930. The first kappa shape index (κ1) is 19.3. The van der Waals surface area contributed by atoms with E-state index < -0.39 is 6.10 Å². The van der Waals surface area contributed by atoms with Crippen LogP contribution in [-0.2, 0) is 4.79 Å². The zero-order valence-electron chi connectivity index (χ0n) is 15.4. The number of hydrogen-bond donors (Lipinski definition) is 1. The maximum Gasteiger partial charge on any atom is 0.265 e. The molecule has 0 bridgehead atoms. The van der Waals surface area contributed by atoms with Crippen LogP contribution in [0.3, 0.4) is 0 Å². The summed E-state index contributed by atoms with van der Waals surface area (Å²) in [5.41, 5.74) is 2.29. The van der Waals surface area contributed by atoms with Gasteiger partial charge in [0.2, 0.25) is 0 Å². The maximum absolute atomic E-state index is 12.5. The maximum atomic E-state index is 12.5. The van der Waals surface area contributed by atoms with Crippen LogP contribution in [0.2, 0.25) is 5.02 Å². The minimum atomic E-state index is -0.649. The molecule has 0 saturated heterocycles. The minimum Gasteiger partial charge on any atom is -0.481 e. The third-order valence-electron chi connectivity index (χ3n) is 4.97. The smallest absolute Gasteiger partial charge is 0.265 e. The number of benzene rings is 2. The molecule has 1 N–H and O–H groups in total. The summed E-state index contributed by atoms with van der Waals surface area (Å²) in [6, 6.07) is 14.4. The van der Waals surface area contributed by atoms with Crippen molar-refractivity contribution in [1.29, 1.82) is 5.26 Å². The lowest BCUT2D eigenvalue weighted by molar-refractivity contribution is -0.122. The van der Waals surface area contributed by atoms with E-state index in [4.69, 9.17) is 21.6 Å². The second kappa shape index (κ2) is 8.92. The van der Waals surface area contributed by atoms with Crippen molar-refractivity contribution < 1.29 is 9.53 Å². The Hall–Kier alpha value is -2.51. The number of halogens is 1. The average molecular weight is 383 g/mol. The minimum absolute atomic E-state index is 0.232. The fourth-order valence-electron chi connectivity index (χ4n) is 3.48. The molecule has 0 unspecified atom stereocenters. The third kappa shape index (κ3) is 5.02. The van der Waals surface area contributed by atoms with E-state index >= 15 is 0 Å². The van der Waals surface area contributed by atoms with Gasteiger partial charge in [-0.25, -0.2) is 0 Å². The molecule has 5 heteroatoms. The molecule has 1 amide bonds. The summed E-state index contributed by atoms with van der Waals surface area (Å²) in [7, 11) is 0. The SMILES string of the molecule is C[C@H](Oc1ccc(Cl)cc1C1CCCCC1)C(=O)Nc1ccc(C#N)cc1. The van der Waals surface area contributed by atoms with E-state index in [2.05, 4.69) is 11.4 Å².